The molecule has 2 atom stereocenters. The third-order valence-electron chi connectivity index (χ3n) is 4.57. The summed E-state index contributed by atoms with van der Waals surface area (Å²) >= 11 is 0. The molecular formula is C17H21FN2O2. The largest absolute Gasteiger partial charge is 0.341 e. The molecule has 0 aliphatic carbocycles. The molecule has 2 amide bonds. The lowest BCUT2D eigenvalue weighted by Crippen LogP contribution is -2.49. The molecule has 0 bridgehead atoms. The van der Waals surface area contributed by atoms with Crippen LogP contribution in [0.5, 0.6) is 0 Å². The van der Waals surface area contributed by atoms with Crippen LogP contribution in [-0.2, 0) is 9.59 Å². The van der Waals surface area contributed by atoms with Crippen molar-refractivity contribution in [1.29, 1.82) is 0 Å². The minimum atomic E-state index is -0.441. The van der Waals surface area contributed by atoms with E-state index in [9.17, 15) is 14.0 Å². The van der Waals surface area contributed by atoms with Crippen molar-refractivity contribution in [2.24, 2.45) is 5.92 Å². The Bertz CT molecular complexity index is 573. The lowest BCUT2D eigenvalue weighted by atomic mass is 9.99. The molecule has 3 rings (SSSR count). The Labute approximate surface area is 129 Å². The van der Waals surface area contributed by atoms with Crippen molar-refractivity contribution in [2.45, 2.75) is 38.6 Å². The van der Waals surface area contributed by atoms with Gasteiger partial charge < -0.3 is 4.90 Å². The minimum Gasteiger partial charge on any atom is -0.341 e. The van der Waals surface area contributed by atoms with E-state index in [4.69, 9.17) is 0 Å². The second-order valence-electron chi connectivity index (χ2n) is 6.33. The molecule has 0 aromatic heterocycles. The number of rotatable bonds is 2. The number of nitrogens with zero attached hydrogens (tertiary/aromatic N) is 2. The van der Waals surface area contributed by atoms with E-state index in [2.05, 4.69) is 6.92 Å². The lowest BCUT2D eigenvalue weighted by Gasteiger charge is -2.35. The van der Waals surface area contributed by atoms with Crippen LogP contribution in [0.2, 0.25) is 0 Å². The Balaban J connectivity index is 1.81. The van der Waals surface area contributed by atoms with Crippen LogP contribution in [0.3, 0.4) is 0 Å². The van der Waals surface area contributed by atoms with Gasteiger partial charge in [0.1, 0.15) is 11.9 Å². The van der Waals surface area contributed by atoms with Crippen LogP contribution in [0.25, 0.3) is 0 Å². The summed E-state index contributed by atoms with van der Waals surface area (Å²) < 4.78 is 13.1. The van der Waals surface area contributed by atoms with Crippen LogP contribution in [0.4, 0.5) is 10.1 Å². The maximum atomic E-state index is 13.1. The molecule has 2 aliphatic heterocycles. The van der Waals surface area contributed by atoms with Gasteiger partial charge in [-0.05, 0) is 49.4 Å². The molecule has 2 heterocycles. The van der Waals surface area contributed by atoms with Gasteiger partial charge in [-0.2, -0.15) is 0 Å². The zero-order valence-corrected chi connectivity index (χ0v) is 12.8. The Morgan fingerprint density at radius 3 is 2.64 bits per heavy atom. The van der Waals surface area contributed by atoms with E-state index >= 15 is 0 Å². The van der Waals surface area contributed by atoms with Gasteiger partial charge >= 0.3 is 0 Å². The first kappa shape index (κ1) is 15.0. The van der Waals surface area contributed by atoms with Crippen LogP contribution < -0.4 is 4.90 Å². The number of halogens is 1. The summed E-state index contributed by atoms with van der Waals surface area (Å²) in [5, 5.41) is 0. The zero-order chi connectivity index (χ0) is 15.7. The third kappa shape index (κ3) is 2.85. The van der Waals surface area contributed by atoms with Crippen LogP contribution in [-0.4, -0.2) is 35.8 Å². The summed E-state index contributed by atoms with van der Waals surface area (Å²) in [6.07, 6.45) is 3.08. The number of hydrogen-bond donors (Lipinski definition) is 0. The molecule has 2 aliphatic rings. The lowest BCUT2D eigenvalue weighted by molar-refractivity contribution is -0.134. The first-order valence-electron chi connectivity index (χ1n) is 7.92. The zero-order valence-electron chi connectivity index (χ0n) is 12.8. The second-order valence-corrected chi connectivity index (χ2v) is 6.33. The van der Waals surface area contributed by atoms with E-state index in [1.807, 2.05) is 4.90 Å². The third-order valence-corrected chi connectivity index (χ3v) is 4.57. The van der Waals surface area contributed by atoms with Crippen molar-refractivity contribution in [1.82, 2.24) is 4.90 Å². The molecule has 2 unspecified atom stereocenters. The average Bonchev–Trinajstić information content (AvgIpc) is 2.89. The normalized spacial score (nSPS) is 25.6. The van der Waals surface area contributed by atoms with Crippen molar-refractivity contribution < 1.29 is 14.0 Å². The maximum absolute atomic E-state index is 13.1. The van der Waals surface area contributed by atoms with E-state index in [-0.39, 0.29) is 17.6 Å². The van der Waals surface area contributed by atoms with Gasteiger partial charge in [-0.15, -0.1) is 0 Å². The van der Waals surface area contributed by atoms with Gasteiger partial charge in [0.2, 0.25) is 11.8 Å². The van der Waals surface area contributed by atoms with Gasteiger partial charge in [0.25, 0.3) is 0 Å². The molecular weight excluding hydrogens is 283 g/mol. The van der Waals surface area contributed by atoms with Gasteiger partial charge in [-0.3, -0.25) is 14.5 Å². The van der Waals surface area contributed by atoms with E-state index < -0.39 is 6.04 Å². The molecule has 22 heavy (non-hydrogen) atoms. The standard InChI is InChI=1S/C17H21FN2O2/c1-12-3-2-10-19(11-12)17(22)15-8-9-16(21)20(15)14-6-4-13(18)5-7-14/h4-7,12,15H,2-3,8-11H2,1H3. The van der Waals surface area contributed by atoms with E-state index in [0.717, 1.165) is 25.9 Å². The SMILES string of the molecule is CC1CCCN(C(=O)C2CCC(=O)N2c2ccc(F)cc2)C1. The molecule has 0 saturated carbocycles. The van der Waals surface area contributed by atoms with Crippen LogP contribution in [0.15, 0.2) is 24.3 Å². The predicted molar refractivity (Wildman–Crippen MR) is 81.9 cm³/mol. The van der Waals surface area contributed by atoms with E-state index in [1.165, 1.54) is 12.1 Å². The molecule has 1 aromatic rings. The number of amides is 2. The number of carbonyl (C=O) groups is 2. The Hall–Kier alpha value is -1.91. The van der Waals surface area contributed by atoms with Gasteiger partial charge in [-0.1, -0.05) is 6.92 Å². The number of anilines is 1. The fraction of sp³-hybridized carbons (Fsp3) is 0.529. The summed E-state index contributed by atoms with van der Waals surface area (Å²) in [4.78, 5) is 28.4. The summed E-state index contributed by atoms with van der Waals surface area (Å²) in [7, 11) is 0. The first-order chi connectivity index (χ1) is 10.6. The highest BCUT2D eigenvalue weighted by molar-refractivity contribution is 6.03. The molecule has 0 N–H and O–H groups in total. The van der Waals surface area contributed by atoms with Gasteiger partial charge in [0.15, 0.2) is 0 Å². The van der Waals surface area contributed by atoms with Gasteiger partial charge in [0.05, 0.1) is 0 Å². The van der Waals surface area contributed by atoms with Crippen molar-refractivity contribution in [3.8, 4) is 0 Å². The van der Waals surface area contributed by atoms with Crippen molar-refractivity contribution >= 4 is 17.5 Å². The van der Waals surface area contributed by atoms with Crippen LogP contribution in [0, 0.1) is 11.7 Å². The summed E-state index contributed by atoms with van der Waals surface area (Å²) in [5.41, 5.74) is 0.604. The molecule has 4 nitrogen and oxygen atoms in total. The molecule has 0 spiro atoms. The summed E-state index contributed by atoms with van der Waals surface area (Å²) in [5.74, 6) is 0.133. The quantitative estimate of drug-likeness (QED) is 0.842. The first-order valence-corrected chi connectivity index (χ1v) is 7.92. The topological polar surface area (TPSA) is 40.6 Å². The Morgan fingerprint density at radius 2 is 1.95 bits per heavy atom. The maximum Gasteiger partial charge on any atom is 0.245 e. The number of carbonyl (C=O) groups excluding carboxylic acids is 2. The number of benzene rings is 1. The highest BCUT2D eigenvalue weighted by Gasteiger charge is 2.39. The highest BCUT2D eigenvalue weighted by atomic mass is 19.1. The fourth-order valence-electron chi connectivity index (χ4n) is 3.44. The fourth-order valence-corrected chi connectivity index (χ4v) is 3.44. The highest BCUT2D eigenvalue weighted by Crippen LogP contribution is 2.29. The average molecular weight is 304 g/mol. The monoisotopic (exact) mass is 304 g/mol. The molecule has 2 fully saturated rings. The number of piperidine rings is 1. The molecule has 0 radical (unpaired) electrons. The van der Waals surface area contributed by atoms with Crippen molar-refractivity contribution in [2.75, 3.05) is 18.0 Å². The van der Waals surface area contributed by atoms with Crippen molar-refractivity contribution in [3.63, 3.8) is 0 Å². The Kier molecular flexibility index (Phi) is 4.14. The van der Waals surface area contributed by atoms with E-state index in [1.54, 1.807) is 17.0 Å². The number of hydrogen-bond acceptors (Lipinski definition) is 2. The molecule has 1 aromatic carbocycles. The second kappa shape index (κ2) is 6.07. The van der Waals surface area contributed by atoms with Gasteiger partial charge in [-0.25, -0.2) is 4.39 Å². The van der Waals surface area contributed by atoms with Crippen molar-refractivity contribution in [3.05, 3.63) is 30.1 Å². The smallest absolute Gasteiger partial charge is 0.245 e. The molecule has 118 valence electrons. The Morgan fingerprint density at radius 1 is 1.23 bits per heavy atom. The minimum absolute atomic E-state index is 0.0294. The van der Waals surface area contributed by atoms with Crippen LogP contribution in [0.1, 0.15) is 32.6 Å². The van der Waals surface area contributed by atoms with Gasteiger partial charge in [0, 0.05) is 25.2 Å². The van der Waals surface area contributed by atoms with Crippen LogP contribution >= 0.6 is 0 Å². The summed E-state index contributed by atoms with van der Waals surface area (Å²) in [6, 6.07) is 5.34. The van der Waals surface area contributed by atoms with E-state index in [0.29, 0.717) is 24.4 Å². The summed E-state index contributed by atoms with van der Waals surface area (Å²) in [6.45, 7) is 3.68. The molecule has 2 saturated heterocycles. The predicted octanol–water partition coefficient (Wildman–Crippen LogP) is 2.58. The molecule has 5 heteroatoms. The number of likely N-dealkylation sites (tertiary alicyclic amines) is 1.